The summed E-state index contributed by atoms with van der Waals surface area (Å²) in [6, 6.07) is 6.02. The zero-order chi connectivity index (χ0) is 11.5. The molecule has 1 aromatic carbocycles. The van der Waals surface area contributed by atoms with Crippen molar-refractivity contribution in [3.05, 3.63) is 34.6 Å². The van der Waals surface area contributed by atoms with Crippen LogP contribution >= 0.6 is 0 Å². The van der Waals surface area contributed by atoms with Gasteiger partial charge in [0.05, 0.1) is 12.0 Å². The largest absolute Gasteiger partial charge is 1.00 e. The van der Waals surface area contributed by atoms with E-state index in [2.05, 4.69) is 9.46 Å². The number of carbonyl (C=O) groups excluding carboxylic acids is 1. The van der Waals surface area contributed by atoms with Gasteiger partial charge in [0.1, 0.15) is 10.0 Å². The van der Waals surface area contributed by atoms with Crippen LogP contribution in [0.5, 0.6) is 0 Å². The molecule has 16 heavy (non-hydrogen) atoms. The first-order chi connectivity index (χ1) is 6.95. The zero-order valence-corrected chi connectivity index (χ0v) is 12.1. The van der Waals surface area contributed by atoms with Crippen LogP contribution < -0.4 is 29.6 Å². The number of carbonyl (C=O) groups is 1. The van der Waals surface area contributed by atoms with E-state index in [1.54, 1.807) is 12.1 Å². The van der Waals surface area contributed by atoms with Gasteiger partial charge in [-0.05, 0) is 19.1 Å². The number of amides is 1. The molecule has 1 rings (SSSR count). The Morgan fingerprint density at radius 1 is 1.25 bits per heavy atom. The minimum absolute atomic E-state index is 0. The molecule has 0 N–H and O–H groups in total. The summed E-state index contributed by atoms with van der Waals surface area (Å²) in [7, 11) is -2.87. The smallest absolute Gasteiger partial charge is 0.506 e. The Morgan fingerprint density at radius 2 is 1.75 bits per heavy atom. The van der Waals surface area contributed by atoms with Gasteiger partial charge in [0, 0.05) is 0 Å². The Bertz CT molecular complexity index is 455. The van der Waals surface area contributed by atoms with Crippen molar-refractivity contribution >= 4 is 16.1 Å². The Labute approximate surface area is 117 Å². The van der Waals surface area contributed by atoms with Gasteiger partial charge >= 0.3 is 29.6 Å². The van der Waals surface area contributed by atoms with E-state index in [1.807, 2.05) is 6.92 Å². The number of sulfonamides is 1. The predicted octanol–water partition coefficient (Wildman–Crippen LogP) is -1.17. The number of aryl methyl sites for hydroxylation is 1. The third-order valence-electron chi connectivity index (χ3n) is 1.69. The number of benzene rings is 1. The summed E-state index contributed by atoms with van der Waals surface area (Å²) in [4.78, 5) is 10.7. The van der Waals surface area contributed by atoms with Gasteiger partial charge in [0.2, 0.25) is 6.09 Å². The maximum atomic E-state index is 11.4. The molecular weight excluding hydrogens is 241 g/mol. The van der Waals surface area contributed by atoms with Gasteiger partial charge in [-0.2, -0.15) is 0 Å². The summed E-state index contributed by atoms with van der Waals surface area (Å²) in [5.41, 5.74) is 0.923. The van der Waals surface area contributed by atoms with Crippen molar-refractivity contribution < 1.29 is 47.5 Å². The average molecular weight is 251 g/mol. The minimum Gasteiger partial charge on any atom is -0.506 e. The van der Waals surface area contributed by atoms with E-state index in [0.29, 0.717) is 0 Å². The molecule has 0 spiro atoms. The third kappa shape index (κ3) is 4.13. The van der Waals surface area contributed by atoms with Crippen molar-refractivity contribution in [2.24, 2.45) is 0 Å². The standard InChI is InChI=1S/C9H11NO4S.Na/c1-7-3-5-8(6-4-7)15(12,13)10-9(11)14-2;/h3-6H,1-2H3,(H,10,11);/q;+1/p-1. The molecule has 7 heteroatoms. The number of hydrogen-bond donors (Lipinski definition) is 0. The molecule has 1 amide bonds. The summed E-state index contributed by atoms with van der Waals surface area (Å²) in [5.74, 6) is 0. The summed E-state index contributed by atoms with van der Waals surface area (Å²) in [6.07, 6.45) is -1.13. The Hall–Kier alpha value is -0.560. The summed E-state index contributed by atoms with van der Waals surface area (Å²) in [5, 5.41) is 0. The molecular formula is C9H10NNaO4S. The van der Waals surface area contributed by atoms with Crippen molar-refractivity contribution in [1.82, 2.24) is 0 Å². The van der Waals surface area contributed by atoms with Crippen LogP contribution in [-0.4, -0.2) is 21.6 Å². The normalized spacial score (nSPS) is 10.1. The second kappa shape index (κ2) is 6.24. The van der Waals surface area contributed by atoms with Gasteiger partial charge in [-0.3, -0.25) is 4.79 Å². The zero-order valence-electron chi connectivity index (χ0n) is 9.30. The number of rotatable bonds is 2. The molecule has 0 atom stereocenters. The molecule has 82 valence electrons. The van der Waals surface area contributed by atoms with E-state index in [4.69, 9.17) is 0 Å². The average Bonchev–Trinajstić information content (AvgIpc) is 2.17. The number of ether oxygens (including phenoxy) is 1. The monoisotopic (exact) mass is 251 g/mol. The molecule has 0 aliphatic carbocycles. The second-order valence-corrected chi connectivity index (χ2v) is 4.45. The molecule has 0 bridgehead atoms. The summed E-state index contributed by atoms with van der Waals surface area (Å²) >= 11 is 0. The van der Waals surface area contributed by atoms with Crippen molar-refractivity contribution in [2.75, 3.05) is 7.11 Å². The van der Waals surface area contributed by atoms with E-state index in [0.717, 1.165) is 12.7 Å². The maximum absolute atomic E-state index is 11.4. The third-order valence-corrected chi connectivity index (χ3v) is 2.95. The number of nitrogens with zero attached hydrogens (tertiary/aromatic N) is 1. The first-order valence-corrected chi connectivity index (χ1v) is 5.52. The number of hydrogen-bond acceptors (Lipinski definition) is 4. The molecule has 0 saturated carbocycles. The van der Waals surface area contributed by atoms with Crippen molar-refractivity contribution in [2.45, 2.75) is 11.8 Å². The molecule has 0 saturated heterocycles. The summed E-state index contributed by atoms with van der Waals surface area (Å²) in [6.45, 7) is 1.83. The molecule has 1 aromatic rings. The van der Waals surface area contributed by atoms with Crippen LogP contribution in [-0.2, 0) is 14.8 Å². The Balaban J connectivity index is 0.00000225. The maximum Gasteiger partial charge on any atom is 1.00 e. The first-order valence-electron chi connectivity index (χ1n) is 4.08. The summed E-state index contributed by atoms with van der Waals surface area (Å²) < 4.78 is 30.0. The Kier molecular flexibility index (Phi) is 6.02. The molecule has 0 heterocycles. The molecule has 5 nitrogen and oxygen atoms in total. The van der Waals surface area contributed by atoms with Gasteiger partial charge in [-0.1, -0.05) is 17.7 Å². The van der Waals surface area contributed by atoms with Crippen LogP contribution in [0.4, 0.5) is 4.79 Å². The molecule has 0 fully saturated rings. The fraction of sp³-hybridized carbons (Fsp3) is 0.222. The SMILES string of the molecule is COC(=O)[N-]S(=O)(=O)c1ccc(C)cc1.[Na+]. The van der Waals surface area contributed by atoms with Crippen LogP contribution in [0.2, 0.25) is 0 Å². The molecule has 0 aliphatic heterocycles. The number of methoxy groups -OCH3 is 1. The molecule has 0 radical (unpaired) electrons. The molecule has 0 aliphatic rings. The fourth-order valence-electron chi connectivity index (χ4n) is 0.898. The van der Waals surface area contributed by atoms with Crippen LogP contribution in [0, 0.1) is 6.92 Å². The van der Waals surface area contributed by atoms with Crippen LogP contribution in [0.1, 0.15) is 5.56 Å². The second-order valence-electron chi connectivity index (χ2n) is 2.85. The van der Waals surface area contributed by atoms with Crippen molar-refractivity contribution in [3.8, 4) is 0 Å². The fourth-order valence-corrected chi connectivity index (χ4v) is 1.75. The quantitative estimate of drug-likeness (QED) is 0.621. The topological polar surface area (TPSA) is 74.5 Å². The van der Waals surface area contributed by atoms with E-state index >= 15 is 0 Å². The van der Waals surface area contributed by atoms with E-state index in [1.165, 1.54) is 12.1 Å². The van der Waals surface area contributed by atoms with Crippen molar-refractivity contribution in [3.63, 3.8) is 0 Å². The van der Waals surface area contributed by atoms with Gasteiger partial charge in [0.15, 0.2) is 0 Å². The van der Waals surface area contributed by atoms with Gasteiger partial charge in [0.25, 0.3) is 0 Å². The predicted molar refractivity (Wildman–Crippen MR) is 54.1 cm³/mol. The molecule has 0 unspecified atom stereocenters. The van der Waals surface area contributed by atoms with Crippen LogP contribution in [0.3, 0.4) is 0 Å². The minimum atomic E-state index is -3.94. The van der Waals surface area contributed by atoms with E-state index in [-0.39, 0.29) is 34.5 Å². The molecule has 0 aromatic heterocycles. The van der Waals surface area contributed by atoms with Crippen molar-refractivity contribution in [1.29, 1.82) is 0 Å². The van der Waals surface area contributed by atoms with Crippen LogP contribution in [0.15, 0.2) is 29.2 Å². The van der Waals surface area contributed by atoms with E-state index in [9.17, 15) is 13.2 Å². The first kappa shape index (κ1) is 15.4. The van der Waals surface area contributed by atoms with E-state index < -0.39 is 16.1 Å². The Morgan fingerprint density at radius 3 is 2.19 bits per heavy atom. The van der Waals surface area contributed by atoms with Crippen LogP contribution in [0.25, 0.3) is 4.72 Å². The van der Waals surface area contributed by atoms with Gasteiger partial charge in [-0.15, -0.1) is 0 Å². The van der Waals surface area contributed by atoms with Gasteiger partial charge in [-0.25, -0.2) is 8.42 Å². The van der Waals surface area contributed by atoms with Gasteiger partial charge < -0.3 is 9.46 Å².